The predicted molar refractivity (Wildman–Crippen MR) is 113 cm³/mol. The lowest BCUT2D eigenvalue weighted by molar-refractivity contribution is -0.145. The minimum atomic E-state index is -0.304. The summed E-state index contributed by atoms with van der Waals surface area (Å²) in [5.74, 6) is -0.666. The lowest BCUT2D eigenvalue weighted by atomic mass is 10.0. The first-order chi connectivity index (χ1) is 14.5. The second-order valence-electron chi connectivity index (χ2n) is 8.78. The van der Waals surface area contributed by atoms with Gasteiger partial charge < -0.3 is 19.1 Å². The lowest BCUT2D eigenvalue weighted by Gasteiger charge is -2.29. The van der Waals surface area contributed by atoms with Gasteiger partial charge in [0, 0.05) is 31.4 Å². The normalized spacial score (nSPS) is 23.1. The number of carbonyl (C=O) groups excluding carboxylic acids is 2. The van der Waals surface area contributed by atoms with Gasteiger partial charge in [-0.1, -0.05) is 12.8 Å². The Morgan fingerprint density at radius 3 is 2.57 bits per heavy atom. The van der Waals surface area contributed by atoms with Crippen molar-refractivity contribution < 1.29 is 14.3 Å². The Morgan fingerprint density at radius 2 is 1.87 bits per heavy atom. The molecule has 162 valence electrons. The molecule has 2 aromatic heterocycles. The number of carbonyl (C=O) groups is 2. The minimum Gasteiger partial charge on any atom is -0.469 e. The summed E-state index contributed by atoms with van der Waals surface area (Å²) in [6.07, 6.45) is 9.85. The standard InChI is InChI=1S/C22H31N5O3/c1-25(2)18-9-8-15(22(29)30-3)12-26(13-18)21(28)16-10-19-20(23-11-16)27(14-24-19)17-6-4-5-7-17/h10-11,14-15,17-18H,4-9,12-13H2,1-3H3/t15-,18+/m0/s1. The molecule has 1 aliphatic carbocycles. The first-order valence-electron chi connectivity index (χ1n) is 10.8. The van der Waals surface area contributed by atoms with Gasteiger partial charge in [-0.25, -0.2) is 9.97 Å². The first-order valence-corrected chi connectivity index (χ1v) is 10.8. The van der Waals surface area contributed by atoms with Gasteiger partial charge in [-0.2, -0.15) is 0 Å². The van der Waals surface area contributed by atoms with Crippen molar-refractivity contribution >= 4 is 23.0 Å². The maximum atomic E-state index is 13.4. The lowest BCUT2D eigenvalue weighted by Crippen LogP contribution is -2.43. The summed E-state index contributed by atoms with van der Waals surface area (Å²) in [7, 11) is 5.42. The Labute approximate surface area is 177 Å². The van der Waals surface area contributed by atoms with Crippen LogP contribution >= 0.6 is 0 Å². The molecule has 1 saturated heterocycles. The number of hydrogen-bond acceptors (Lipinski definition) is 6. The third-order valence-corrected chi connectivity index (χ3v) is 6.65. The second-order valence-corrected chi connectivity index (χ2v) is 8.78. The van der Waals surface area contributed by atoms with Crippen LogP contribution in [-0.2, 0) is 9.53 Å². The van der Waals surface area contributed by atoms with E-state index in [-0.39, 0.29) is 23.8 Å². The number of fused-ring (bicyclic) bond motifs is 1. The van der Waals surface area contributed by atoms with Crippen LogP contribution in [0.25, 0.3) is 11.2 Å². The summed E-state index contributed by atoms with van der Waals surface area (Å²) in [4.78, 5) is 38.6. The van der Waals surface area contributed by atoms with Gasteiger partial charge in [-0.05, 0) is 45.8 Å². The van der Waals surface area contributed by atoms with E-state index in [0.717, 1.165) is 30.4 Å². The minimum absolute atomic E-state index is 0.109. The molecule has 2 fully saturated rings. The summed E-state index contributed by atoms with van der Waals surface area (Å²) in [5, 5.41) is 0. The van der Waals surface area contributed by atoms with Crippen molar-refractivity contribution in [2.75, 3.05) is 34.3 Å². The fourth-order valence-electron chi connectivity index (χ4n) is 4.79. The van der Waals surface area contributed by atoms with Crippen LogP contribution in [0.3, 0.4) is 0 Å². The van der Waals surface area contributed by atoms with Crippen molar-refractivity contribution in [2.24, 2.45) is 5.92 Å². The SMILES string of the molecule is COC(=O)[C@H]1CC[C@@H](N(C)C)CN(C(=O)c2cnc3c(c2)ncn3C2CCCC2)C1. The van der Waals surface area contributed by atoms with Gasteiger partial charge in [0.05, 0.1) is 24.9 Å². The second kappa shape index (κ2) is 8.71. The summed E-state index contributed by atoms with van der Waals surface area (Å²) in [6, 6.07) is 2.48. The first kappa shape index (κ1) is 20.8. The van der Waals surface area contributed by atoms with E-state index >= 15 is 0 Å². The summed E-state index contributed by atoms with van der Waals surface area (Å²) < 4.78 is 7.12. The maximum absolute atomic E-state index is 13.4. The molecule has 4 rings (SSSR count). The number of nitrogens with zero attached hydrogens (tertiary/aromatic N) is 5. The van der Waals surface area contributed by atoms with Crippen LogP contribution in [0.4, 0.5) is 0 Å². The molecule has 0 unspecified atom stereocenters. The van der Waals surface area contributed by atoms with Gasteiger partial charge in [0.25, 0.3) is 5.91 Å². The highest BCUT2D eigenvalue weighted by atomic mass is 16.5. The summed E-state index contributed by atoms with van der Waals surface area (Å²) in [5.41, 5.74) is 2.10. The Balaban J connectivity index is 1.59. The highest BCUT2D eigenvalue weighted by molar-refractivity contribution is 5.96. The number of ether oxygens (including phenoxy) is 1. The monoisotopic (exact) mass is 413 g/mol. The van der Waals surface area contributed by atoms with Crippen LogP contribution in [0.1, 0.15) is 54.9 Å². The van der Waals surface area contributed by atoms with Gasteiger partial charge in [0.2, 0.25) is 0 Å². The molecule has 0 spiro atoms. The van der Waals surface area contributed by atoms with E-state index in [1.54, 1.807) is 11.1 Å². The van der Waals surface area contributed by atoms with Crippen molar-refractivity contribution in [2.45, 2.75) is 50.6 Å². The predicted octanol–water partition coefficient (Wildman–Crippen LogP) is 2.50. The molecule has 0 N–H and O–H groups in total. The summed E-state index contributed by atoms with van der Waals surface area (Å²) in [6.45, 7) is 0.943. The number of pyridine rings is 1. The van der Waals surface area contributed by atoms with Gasteiger partial charge in [0.1, 0.15) is 5.52 Å². The molecule has 1 saturated carbocycles. The molecule has 1 amide bonds. The highest BCUT2D eigenvalue weighted by Crippen LogP contribution is 2.31. The highest BCUT2D eigenvalue weighted by Gasteiger charge is 2.33. The van der Waals surface area contributed by atoms with Crippen LogP contribution in [0.5, 0.6) is 0 Å². The van der Waals surface area contributed by atoms with E-state index in [0.29, 0.717) is 31.1 Å². The number of aromatic nitrogens is 3. The number of esters is 1. The van der Waals surface area contributed by atoms with E-state index in [4.69, 9.17) is 4.74 Å². The van der Waals surface area contributed by atoms with E-state index in [9.17, 15) is 9.59 Å². The van der Waals surface area contributed by atoms with Gasteiger partial charge in [0.15, 0.2) is 5.65 Å². The van der Waals surface area contributed by atoms with Crippen LogP contribution in [0.15, 0.2) is 18.6 Å². The van der Waals surface area contributed by atoms with E-state index in [1.165, 1.54) is 20.0 Å². The zero-order valence-corrected chi connectivity index (χ0v) is 18.1. The number of imidazole rings is 1. The molecule has 8 heteroatoms. The Hall–Kier alpha value is -2.48. The Kier molecular flexibility index (Phi) is 6.04. The number of likely N-dealkylation sites (tertiary alicyclic amines) is 1. The van der Waals surface area contributed by atoms with Crippen LogP contribution in [0.2, 0.25) is 0 Å². The van der Waals surface area contributed by atoms with E-state index in [1.807, 2.05) is 26.5 Å². The molecule has 2 aliphatic rings. The van der Waals surface area contributed by atoms with Gasteiger partial charge in [-0.3, -0.25) is 9.59 Å². The van der Waals surface area contributed by atoms with Crippen molar-refractivity contribution in [3.05, 3.63) is 24.2 Å². The molecule has 2 atom stereocenters. The largest absolute Gasteiger partial charge is 0.469 e. The topological polar surface area (TPSA) is 80.6 Å². The van der Waals surface area contributed by atoms with Crippen LogP contribution in [-0.4, -0.2) is 76.5 Å². The molecule has 0 aromatic carbocycles. The number of amides is 1. The number of likely N-dealkylation sites (N-methyl/N-ethyl adjacent to an activating group) is 1. The van der Waals surface area contributed by atoms with Crippen LogP contribution < -0.4 is 0 Å². The van der Waals surface area contributed by atoms with Crippen molar-refractivity contribution in [3.63, 3.8) is 0 Å². The zero-order valence-electron chi connectivity index (χ0n) is 18.1. The summed E-state index contributed by atoms with van der Waals surface area (Å²) >= 11 is 0. The molecule has 30 heavy (non-hydrogen) atoms. The molecule has 0 radical (unpaired) electrons. The Morgan fingerprint density at radius 1 is 1.10 bits per heavy atom. The number of hydrogen-bond donors (Lipinski definition) is 0. The quantitative estimate of drug-likeness (QED) is 0.717. The molecular formula is C22H31N5O3. The zero-order chi connectivity index (χ0) is 21.3. The van der Waals surface area contributed by atoms with Crippen molar-refractivity contribution in [1.82, 2.24) is 24.3 Å². The molecule has 3 heterocycles. The fraction of sp³-hybridized carbons (Fsp3) is 0.636. The number of methoxy groups -OCH3 is 1. The van der Waals surface area contributed by atoms with Crippen LogP contribution in [0, 0.1) is 5.92 Å². The molecular weight excluding hydrogens is 382 g/mol. The fourth-order valence-corrected chi connectivity index (χ4v) is 4.79. The molecule has 2 aromatic rings. The van der Waals surface area contributed by atoms with E-state index in [2.05, 4.69) is 19.4 Å². The van der Waals surface area contributed by atoms with Gasteiger partial charge in [-0.15, -0.1) is 0 Å². The average molecular weight is 414 g/mol. The van der Waals surface area contributed by atoms with E-state index < -0.39 is 0 Å². The van der Waals surface area contributed by atoms with Crippen molar-refractivity contribution in [3.8, 4) is 0 Å². The average Bonchev–Trinajstić information content (AvgIpc) is 3.36. The van der Waals surface area contributed by atoms with Gasteiger partial charge >= 0.3 is 5.97 Å². The smallest absolute Gasteiger partial charge is 0.310 e. The Bertz CT molecular complexity index is 919. The number of rotatable bonds is 4. The third-order valence-electron chi connectivity index (χ3n) is 6.65. The molecule has 0 bridgehead atoms. The maximum Gasteiger partial charge on any atom is 0.310 e. The molecule has 8 nitrogen and oxygen atoms in total. The molecule has 1 aliphatic heterocycles. The third kappa shape index (κ3) is 4.05. The van der Waals surface area contributed by atoms with Crippen molar-refractivity contribution in [1.29, 1.82) is 0 Å².